The summed E-state index contributed by atoms with van der Waals surface area (Å²) in [6, 6.07) is 18.3. The molecule has 0 radical (unpaired) electrons. The van der Waals surface area contributed by atoms with Gasteiger partial charge in [0.1, 0.15) is 12.4 Å². The fraction of sp³-hybridized carbons (Fsp3) is 0.300. The third-order valence-corrected chi connectivity index (χ3v) is 6.94. The Hall–Kier alpha value is -4.05. The lowest BCUT2D eigenvalue weighted by Crippen LogP contribution is -2.36. The number of hydrogen-bond acceptors (Lipinski definition) is 5. The first-order valence-electron chi connectivity index (χ1n) is 12.9. The molecule has 0 amide bonds. The SMILES string of the molecule is Cl.N=C(N)NC[C@H]1CC[C@H](C(=O)Oc2ccc(-c3ccc(C(=O)OCc4ccc(C(F)(F)F)cc4)cc3)cc2)CC1. The number of nitrogens with one attached hydrogen (secondary N) is 2. The van der Waals surface area contributed by atoms with Crippen LogP contribution in [0.2, 0.25) is 0 Å². The van der Waals surface area contributed by atoms with Crippen molar-refractivity contribution in [2.45, 2.75) is 38.5 Å². The molecule has 41 heavy (non-hydrogen) atoms. The second kappa shape index (κ2) is 14.0. The van der Waals surface area contributed by atoms with E-state index in [4.69, 9.17) is 20.6 Å². The van der Waals surface area contributed by atoms with Crippen molar-refractivity contribution in [1.82, 2.24) is 5.32 Å². The average Bonchev–Trinajstić information content (AvgIpc) is 2.95. The Balaban J connectivity index is 0.00000462. The normalized spacial score (nSPS) is 16.7. The van der Waals surface area contributed by atoms with E-state index in [9.17, 15) is 22.8 Å². The second-order valence-corrected chi connectivity index (χ2v) is 9.81. The summed E-state index contributed by atoms with van der Waals surface area (Å²) in [4.78, 5) is 25.0. The molecule has 1 saturated carbocycles. The van der Waals surface area contributed by atoms with Gasteiger partial charge in [-0.2, -0.15) is 13.2 Å². The van der Waals surface area contributed by atoms with Crippen LogP contribution in [-0.2, 0) is 22.3 Å². The smallest absolute Gasteiger partial charge is 0.416 e. The van der Waals surface area contributed by atoms with Crippen molar-refractivity contribution >= 4 is 30.3 Å². The van der Waals surface area contributed by atoms with E-state index in [2.05, 4.69) is 5.32 Å². The molecule has 0 bridgehead atoms. The van der Waals surface area contributed by atoms with Crippen molar-refractivity contribution in [2.24, 2.45) is 17.6 Å². The Morgan fingerprint density at radius 2 is 1.44 bits per heavy atom. The standard InChI is InChI=1S/C30H30F3N3O4.ClH/c31-30(32,33)25-13-3-20(4-14-25)18-39-27(37)23-9-7-21(8-10-23)22-11-15-26(16-12-22)40-28(38)24-5-1-19(2-6-24)17-36-29(34)35;/h3-4,7-16,19,24H,1-2,5-6,17-18H2,(H4,34,35,36);1H/t19-,24-;. The number of alkyl halides is 3. The van der Waals surface area contributed by atoms with E-state index in [-0.39, 0.29) is 36.9 Å². The minimum absolute atomic E-state index is 0. The predicted octanol–water partition coefficient (Wildman–Crippen LogP) is 6.35. The van der Waals surface area contributed by atoms with E-state index >= 15 is 0 Å². The first-order valence-corrected chi connectivity index (χ1v) is 12.9. The molecule has 1 aliphatic rings. The predicted molar refractivity (Wildman–Crippen MR) is 151 cm³/mol. The van der Waals surface area contributed by atoms with Crippen molar-refractivity contribution in [3.05, 3.63) is 89.5 Å². The molecule has 3 aromatic rings. The van der Waals surface area contributed by atoms with Crippen LogP contribution < -0.4 is 15.8 Å². The molecule has 11 heteroatoms. The van der Waals surface area contributed by atoms with Gasteiger partial charge in [0, 0.05) is 6.54 Å². The molecule has 0 unspecified atom stereocenters. The Morgan fingerprint density at radius 1 is 0.878 bits per heavy atom. The van der Waals surface area contributed by atoms with Crippen molar-refractivity contribution in [1.29, 1.82) is 5.41 Å². The number of carbonyl (C=O) groups is 2. The van der Waals surface area contributed by atoms with E-state index in [1.165, 1.54) is 12.1 Å². The van der Waals surface area contributed by atoms with Gasteiger partial charge in [0.15, 0.2) is 5.96 Å². The van der Waals surface area contributed by atoms with Crippen LogP contribution in [0.5, 0.6) is 5.75 Å². The molecule has 0 aliphatic heterocycles. The van der Waals surface area contributed by atoms with Crippen LogP contribution in [0.25, 0.3) is 11.1 Å². The minimum Gasteiger partial charge on any atom is -0.457 e. The summed E-state index contributed by atoms with van der Waals surface area (Å²) in [5.74, 6) is -0.183. The zero-order valence-corrected chi connectivity index (χ0v) is 22.9. The van der Waals surface area contributed by atoms with Gasteiger partial charge in [-0.05, 0) is 84.7 Å². The maximum Gasteiger partial charge on any atom is 0.416 e. The van der Waals surface area contributed by atoms with Crippen LogP contribution in [0, 0.1) is 17.2 Å². The van der Waals surface area contributed by atoms with Crippen molar-refractivity contribution in [2.75, 3.05) is 6.54 Å². The van der Waals surface area contributed by atoms with Gasteiger partial charge < -0.3 is 20.5 Å². The number of halogens is 4. The van der Waals surface area contributed by atoms with Crippen LogP contribution in [0.15, 0.2) is 72.8 Å². The van der Waals surface area contributed by atoms with Gasteiger partial charge in [-0.25, -0.2) is 4.79 Å². The third kappa shape index (κ3) is 8.97. The van der Waals surface area contributed by atoms with Crippen LogP contribution in [-0.4, -0.2) is 24.4 Å². The number of rotatable bonds is 8. The Labute approximate surface area is 242 Å². The lowest BCUT2D eigenvalue weighted by molar-refractivity contribution is -0.140. The van der Waals surface area contributed by atoms with E-state index in [1.54, 1.807) is 36.4 Å². The maximum atomic E-state index is 12.7. The van der Waals surface area contributed by atoms with Gasteiger partial charge in [-0.1, -0.05) is 36.4 Å². The molecule has 4 N–H and O–H groups in total. The molecule has 218 valence electrons. The van der Waals surface area contributed by atoms with Gasteiger partial charge >= 0.3 is 18.1 Å². The number of hydrogen-bond donors (Lipinski definition) is 3. The fourth-order valence-electron chi connectivity index (χ4n) is 4.59. The van der Waals surface area contributed by atoms with Gasteiger partial charge in [0.2, 0.25) is 0 Å². The molecule has 7 nitrogen and oxygen atoms in total. The summed E-state index contributed by atoms with van der Waals surface area (Å²) in [7, 11) is 0. The Morgan fingerprint density at radius 3 is 1.98 bits per heavy atom. The molecular weight excluding hydrogens is 559 g/mol. The number of carbonyl (C=O) groups excluding carboxylic acids is 2. The van der Waals surface area contributed by atoms with Crippen LogP contribution in [0.4, 0.5) is 13.2 Å². The quantitative estimate of drug-likeness (QED) is 0.122. The highest BCUT2D eigenvalue weighted by Crippen LogP contribution is 2.31. The molecular formula is C30H31ClF3N3O4. The number of nitrogens with two attached hydrogens (primary N) is 1. The number of ether oxygens (including phenoxy) is 2. The van der Waals surface area contributed by atoms with Crippen LogP contribution in [0.3, 0.4) is 0 Å². The number of guanidine groups is 1. The first kappa shape index (κ1) is 31.5. The van der Waals surface area contributed by atoms with E-state index < -0.39 is 17.7 Å². The molecule has 0 spiro atoms. The zero-order chi connectivity index (χ0) is 28.7. The summed E-state index contributed by atoms with van der Waals surface area (Å²) in [5.41, 5.74) is 7.04. The van der Waals surface area contributed by atoms with Gasteiger partial charge in [0.05, 0.1) is 17.0 Å². The van der Waals surface area contributed by atoms with E-state index in [0.29, 0.717) is 29.3 Å². The largest absolute Gasteiger partial charge is 0.457 e. The summed E-state index contributed by atoms with van der Waals surface area (Å²) in [6.07, 6.45) is -1.20. The molecule has 4 rings (SSSR count). The molecule has 0 aromatic heterocycles. The highest BCUT2D eigenvalue weighted by molar-refractivity contribution is 5.90. The van der Waals surface area contributed by atoms with Crippen LogP contribution in [0.1, 0.15) is 47.2 Å². The van der Waals surface area contributed by atoms with Gasteiger partial charge in [0.25, 0.3) is 0 Å². The minimum atomic E-state index is -4.42. The van der Waals surface area contributed by atoms with E-state index in [1.807, 2.05) is 12.1 Å². The van der Waals surface area contributed by atoms with Crippen molar-refractivity contribution in [3.63, 3.8) is 0 Å². The molecule has 1 aliphatic carbocycles. The summed E-state index contributed by atoms with van der Waals surface area (Å²) in [6.45, 7) is 0.501. The zero-order valence-electron chi connectivity index (χ0n) is 22.1. The Kier molecular flexibility index (Phi) is 10.8. The number of benzene rings is 3. The Bertz CT molecular complexity index is 1320. The molecule has 0 heterocycles. The summed E-state index contributed by atoms with van der Waals surface area (Å²) in [5, 5.41) is 10.1. The third-order valence-electron chi connectivity index (χ3n) is 6.94. The van der Waals surface area contributed by atoms with Crippen molar-refractivity contribution < 1.29 is 32.2 Å². The van der Waals surface area contributed by atoms with Gasteiger partial charge in [-0.15, -0.1) is 12.4 Å². The monoisotopic (exact) mass is 589 g/mol. The highest BCUT2D eigenvalue weighted by atomic mass is 35.5. The average molecular weight is 590 g/mol. The van der Waals surface area contributed by atoms with Crippen LogP contribution >= 0.6 is 12.4 Å². The number of esters is 2. The van der Waals surface area contributed by atoms with Crippen molar-refractivity contribution in [3.8, 4) is 16.9 Å². The lowest BCUT2D eigenvalue weighted by atomic mass is 9.82. The molecule has 3 aromatic carbocycles. The first-order chi connectivity index (χ1) is 19.1. The maximum absolute atomic E-state index is 12.7. The lowest BCUT2D eigenvalue weighted by Gasteiger charge is -2.27. The summed E-state index contributed by atoms with van der Waals surface area (Å²) >= 11 is 0. The fourth-order valence-corrected chi connectivity index (χ4v) is 4.59. The topological polar surface area (TPSA) is 115 Å². The summed E-state index contributed by atoms with van der Waals surface area (Å²) < 4.78 is 48.9. The van der Waals surface area contributed by atoms with E-state index in [0.717, 1.165) is 48.9 Å². The second-order valence-electron chi connectivity index (χ2n) is 9.81. The molecule has 1 fully saturated rings. The molecule has 0 atom stereocenters. The highest BCUT2D eigenvalue weighted by Gasteiger charge is 2.30. The molecule has 0 saturated heterocycles. The van der Waals surface area contributed by atoms with Gasteiger partial charge in [-0.3, -0.25) is 10.2 Å².